The molecule has 0 aliphatic heterocycles. The molecule has 6 heteroatoms. The Hall–Kier alpha value is -1.00. The predicted molar refractivity (Wildman–Crippen MR) is 87.3 cm³/mol. The van der Waals surface area contributed by atoms with E-state index in [1.54, 1.807) is 0 Å². The fourth-order valence-corrected chi connectivity index (χ4v) is 3.46. The molecule has 0 unspecified atom stereocenters. The third kappa shape index (κ3) is 4.48. The largest absolute Gasteiger partial charge is 0.383 e. The molecule has 0 bridgehead atoms. The highest BCUT2D eigenvalue weighted by Crippen LogP contribution is 2.35. The quantitative estimate of drug-likeness (QED) is 0.570. The lowest BCUT2D eigenvalue weighted by Gasteiger charge is -2.26. The van der Waals surface area contributed by atoms with Gasteiger partial charge in [0.1, 0.15) is 0 Å². The van der Waals surface area contributed by atoms with Crippen molar-refractivity contribution in [3.05, 3.63) is 32.3 Å². The number of nitrogens with zero attached hydrogens (tertiary/aromatic N) is 1. The van der Waals surface area contributed by atoms with Crippen molar-refractivity contribution in [3.63, 3.8) is 0 Å². The van der Waals surface area contributed by atoms with Crippen LogP contribution in [-0.2, 0) is 0 Å². The molecule has 2 rings (SSSR count). The smallest absolute Gasteiger partial charge is 0.272 e. The Morgan fingerprint density at radius 3 is 2.33 bits per heavy atom. The lowest BCUT2D eigenvalue weighted by Crippen LogP contribution is -2.16. The zero-order chi connectivity index (χ0) is 15.4. The van der Waals surface area contributed by atoms with Crippen LogP contribution in [0.2, 0.25) is 10.0 Å². The maximum Gasteiger partial charge on any atom is 0.272 e. The van der Waals surface area contributed by atoms with E-state index in [9.17, 15) is 10.1 Å². The molecule has 0 radical (unpaired) electrons. The fraction of sp³-hybridized carbons (Fsp3) is 0.600. The molecule has 1 N–H and O–H groups in total. The van der Waals surface area contributed by atoms with Crippen LogP contribution in [-0.4, -0.2) is 11.5 Å². The molecule has 1 aliphatic carbocycles. The van der Waals surface area contributed by atoms with Crippen LogP contribution in [0, 0.1) is 22.0 Å². The highest BCUT2D eigenvalue weighted by molar-refractivity contribution is 6.39. The number of nitrogens with one attached hydrogen (secondary N) is 1. The van der Waals surface area contributed by atoms with Crippen molar-refractivity contribution < 1.29 is 4.92 Å². The number of non-ortho nitro benzene ring substituents is 1. The minimum atomic E-state index is -0.495. The Kier molecular flexibility index (Phi) is 5.71. The van der Waals surface area contributed by atoms with E-state index < -0.39 is 4.92 Å². The van der Waals surface area contributed by atoms with Gasteiger partial charge in [-0.05, 0) is 18.3 Å². The Balaban J connectivity index is 1.90. The number of nitro groups is 1. The molecule has 1 saturated carbocycles. The summed E-state index contributed by atoms with van der Waals surface area (Å²) in [6.45, 7) is 3.10. The summed E-state index contributed by atoms with van der Waals surface area (Å²) in [6, 6.07) is 2.66. The van der Waals surface area contributed by atoms with Gasteiger partial charge in [0.2, 0.25) is 0 Å². The van der Waals surface area contributed by atoms with Crippen molar-refractivity contribution in [1.29, 1.82) is 0 Å². The predicted octanol–water partition coefficient (Wildman–Crippen LogP) is 5.53. The second kappa shape index (κ2) is 7.32. The van der Waals surface area contributed by atoms with Crippen molar-refractivity contribution >= 4 is 34.6 Å². The first kappa shape index (κ1) is 16.4. The van der Waals surface area contributed by atoms with Gasteiger partial charge < -0.3 is 5.32 Å². The molecule has 0 atom stereocenters. The average Bonchev–Trinajstić information content (AvgIpc) is 2.43. The van der Waals surface area contributed by atoms with Crippen LogP contribution in [0.15, 0.2) is 12.1 Å². The Morgan fingerprint density at radius 2 is 1.81 bits per heavy atom. The summed E-state index contributed by atoms with van der Waals surface area (Å²) >= 11 is 12.1. The molecule has 1 fully saturated rings. The van der Waals surface area contributed by atoms with Crippen LogP contribution in [0.4, 0.5) is 11.4 Å². The van der Waals surface area contributed by atoms with Gasteiger partial charge in [-0.25, -0.2) is 0 Å². The SMILES string of the molecule is CC1CCC(CCNc2c(Cl)cc([N+](=O)[O-])cc2Cl)CC1. The second-order valence-electron chi connectivity index (χ2n) is 5.88. The summed E-state index contributed by atoms with van der Waals surface area (Å²) in [5, 5.41) is 14.5. The van der Waals surface area contributed by atoms with E-state index in [1.807, 2.05) is 0 Å². The number of benzene rings is 1. The van der Waals surface area contributed by atoms with Gasteiger partial charge in [0.15, 0.2) is 0 Å². The van der Waals surface area contributed by atoms with Crippen molar-refractivity contribution in [2.45, 2.75) is 39.0 Å². The summed E-state index contributed by atoms with van der Waals surface area (Å²) in [6.07, 6.45) is 6.26. The first-order valence-corrected chi connectivity index (χ1v) is 8.10. The average molecular weight is 331 g/mol. The number of anilines is 1. The van der Waals surface area contributed by atoms with Gasteiger partial charge in [-0.2, -0.15) is 0 Å². The summed E-state index contributed by atoms with van der Waals surface area (Å²) in [7, 11) is 0. The summed E-state index contributed by atoms with van der Waals surface area (Å²) in [5.74, 6) is 1.61. The molecule has 0 spiro atoms. The summed E-state index contributed by atoms with van der Waals surface area (Å²) < 4.78 is 0. The zero-order valence-corrected chi connectivity index (χ0v) is 13.6. The molecule has 0 heterocycles. The van der Waals surface area contributed by atoms with E-state index in [2.05, 4.69) is 12.2 Å². The number of hydrogen-bond donors (Lipinski definition) is 1. The Bertz CT molecular complexity index is 491. The van der Waals surface area contributed by atoms with Crippen LogP contribution in [0.3, 0.4) is 0 Å². The molecular formula is C15H20Cl2N2O2. The normalized spacial score (nSPS) is 22.0. The minimum Gasteiger partial charge on any atom is -0.383 e. The summed E-state index contributed by atoms with van der Waals surface area (Å²) in [5.41, 5.74) is 0.505. The van der Waals surface area contributed by atoms with Gasteiger partial charge in [-0.15, -0.1) is 0 Å². The van der Waals surface area contributed by atoms with Crippen molar-refractivity contribution in [2.24, 2.45) is 11.8 Å². The fourth-order valence-electron chi connectivity index (χ4n) is 2.85. The lowest BCUT2D eigenvalue weighted by atomic mass is 9.81. The van der Waals surface area contributed by atoms with Gasteiger partial charge in [0, 0.05) is 18.7 Å². The standard InChI is InChI=1S/C15H20Cl2N2O2/c1-10-2-4-11(5-3-10)6-7-18-15-13(16)8-12(19(20)21)9-14(15)17/h8-11,18H,2-7H2,1H3. The second-order valence-corrected chi connectivity index (χ2v) is 6.70. The van der Waals surface area contributed by atoms with E-state index in [0.29, 0.717) is 15.7 Å². The number of hydrogen-bond acceptors (Lipinski definition) is 3. The van der Waals surface area contributed by atoms with Gasteiger partial charge in [0.25, 0.3) is 5.69 Å². The third-order valence-corrected chi connectivity index (χ3v) is 4.82. The monoisotopic (exact) mass is 330 g/mol. The van der Waals surface area contributed by atoms with E-state index in [-0.39, 0.29) is 5.69 Å². The molecule has 4 nitrogen and oxygen atoms in total. The molecule has 0 aromatic heterocycles. The minimum absolute atomic E-state index is 0.0863. The number of halogens is 2. The number of nitro benzene ring substituents is 1. The molecule has 1 aromatic rings. The molecule has 21 heavy (non-hydrogen) atoms. The van der Waals surface area contributed by atoms with Crippen LogP contribution in [0.1, 0.15) is 39.0 Å². The molecule has 0 amide bonds. The van der Waals surface area contributed by atoms with Crippen molar-refractivity contribution in [1.82, 2.24) is 0 Å². The first-order valence-electron chi connectivity index (χ1n) is 7.34. The van der Waals surface area contributed by atoms with Crippen LogP contribution in [0.5, 0.6) is 0 Å². The van der Waals surface area contributed by atoms with Gasteiger partial charge in [0.05, 0.1) is 20.7 Å². The van der Waals surface area contributed by atoms with Crippen molar-refractivity contribution in [2.75, 3.05) is 11.9 Å². The molecular weight excluding hydrogens is 311 g/mol. The van der Waals surface area contributed by atoms with E-state index in [1.165, 1.54) is 37.8 Å². The zero-order valence-electron chi connectivity index (χ0n) is 12.1. The van der Waals surface area contributed by atoms with E-state index >= 15 is 0 Å². The Morgan fingerprint density at radius 1 is 1.24 bits per heavy atom. The van der Waals surface area contributed by atoms with Crippen LogP contribution < -0.4 is 5.32 Å². The Labute approximate surface area is 135 Å². The highest BCUT2D eigenvalue weighted by atomic mass is 35.5. The van der Waals surface area contributed by atoms with E-state index in [4.69, 9.17) is 23.2 Å². The van der Waals surface area contributed by atoms with Gasteiger partial charge >= 0.3 is 0 Å². The summed E-state index contributed by atoms with van der Waals surface area (Å²) in [4.78, 5) is 10.2. The van der Waals surface area contributed by atoms with Crippen LogP contribution in [0.25, 0.3) is 0 Å². The maximum absolute atomic E-state index is 10.7. The highest BCUT2D eigenvalue weighted by Gasteiger charge is 2.18. The molecule has 1 aliphatic rings. The third-order valence-electron chi connectivity index (χ3n) is 4.23. The maximum atomic E-state index is 10.7. The van der Waals surface area contributed by atoms with Gasteiger partial charge in [-0.3, -0.25) is 10.1 Å². The number of rotatable bonds is 5. The van der Waals surface area contributed by atoms with Gasteiger partial charge in [-0.1, -0.05) is 55.8 Å². The molecule has 116 valence electrons. The lowest BCUT2D eigenvalue weighted by molar-refractivity contribution is -0.384. The molecule has 1 aromatic carbocycles. The van der Waals surface area contributed by atoms with Crippen LogP contribution >= 0.6 is 23.2 Å². The first-order chi connectivity index (χ1) is 9.97. The van der Waals surface area contributed by atoms with Crippen molar-refractivity contribution in [3.8, 4) is 0 Å². The topological polar surface area (TPSA) is 55.2 Å². The molecule has 0 saturated heterocycles. The van der Waals surface area contributed by atoms with E-state index in [0.717, 1.165) is 24.8 Å².